The first kappa shape index (κ1) is 10.2. The second kappa shape index (κ2) is 3.70. The first-order valence-corrected chi connectivity index (χ1v) is 5.64. The summed E-state index contributed by atoms with van der Waals surface area (Å²) in [7, 11) is 0. The van der Waals surface area contributed by atoms with Crippen LogP contribution in [0.15, 0.2) is 16.6 Å². The third-order valence-corrected chi connectivity index (χ3v) is 3.25. The lowest BCUT2D eigenvalue weighted by Gasteiger charge is -2.40. The van der Waals surface area contributed by atoms with E-state index in [1.165, 1.54) is 12.1 Å². The van der Waals surface area contributed by atoms with Crippen LogP contribution in [0, 0.1) is 11.7 Å². The number of halogens is 3. The fourth-order valence-corrected chi connectivity index (χ4v) is 2.84. The molecule has 1 nitrogen and oxygen atoms in total. The summed E-state index contributed by atoms with van der Waals surface area (Å²) in [5.41, 5.74) is 0.908. The van der Waals surface area contributed by atoms with Crippen molar-refractivity contribution in [3.63, 3.8) is 0 Å². The van der Waals surface area contributed by atoms with Gasteiger partial charge in [-0.15, -0.1) is 0 Å². The molecule has 0 bridgehead atoms. The topological polar surface area (TPSA) is 3.24 Å². The van der Waals surface area contributed by atoms with E-state index in [1.54, 1.807) is 0 Å². The molecule has 0 amide bonds. The first-order valence-electron chi connectivity index (χ1n) is 4.47. The van der Waals surface area contributed by atoms with Gasteiger partial charge < -0.3 is 4.90 Å². The fraction of sp³-hybridized carbons (Fsp3) is 0.400. The summed E-state index contributed by atoms with van der Waals surface area (Å²) < 4.78 is 13.7. The summed E-state index contributed by atoms with van der Waals surface area (Å²) in [4.78, 5) is 2.15. The van der Waals surface area contributed by atoms with Gasteiger partial charge in [0.15, 0.2) is 0 Å². The SMILES string of the molecule is CC1CN(c2c(Cl)cc(F)cc2Br)C1. The van der Waals surface area contributed by atoms with E-state index in [2.05, 4.69) is 27.8 Å². The molecule has 0 aliphatic carbocycles. The average Bonchev–Trinajstić information content (AvgIpc) is 1.99. The molecule has 0 unspecified atom stereocenters. The van der Waals surface area contributed by atoms with Gasteiger partial charge in [-0.05, 0) is 34.0 Å². The number of nitrogens with zero attached hydrogens (tertiary/aromatic N) is 1. The first-order chi connectivity index (χ1) is 6.58. The highest BCUT2D eigenvalue weighted by molar-refractivity contribution is 9.10. The van der Waals surface area contributed by atoms with Gasteiger partial charge in [-0.1, -0.05) is 18.5 Å². The molecule has 0 N–H and O–H groups in total. The van der Waals surface area contributed by atoms with Crippen molar-refractivity contribution in [2.45, 2.75) is 6.92 Å². The number of hydrogen-bond acceptors (Lipinski definition) is 1. The van der Waals surface area contributed by atoms with E-state index >= 15 is 0 Å². The third-order valence-electron chi connectivity index (χ3n) is 2.36. The molecule has 2 rings (SSSR count). The second-order valence-electron chi connectivity index (χ2n) is 3.73. The largest absolute Gasteiger partial charge is 0.369 e. The van der Waals surface area contributed by atoms with Crippen molar-refractivity contribution in [3.05, 3.63) is 27.4 Å². The average molecular weight is 279 g/mol. The molecule has 1 aliphatic rings. The van der Waals surface area contributed by atoms with Crippen molar-refractivity contribution < 1.29 is 4.39 Å². The van der Waals surface area contributed by atoms with Crippen LogP contribution >= 0.6 is 27.5 Å². The molecule has 14 heavy (non-hydrogen) atoms. The van der Waals surface area contributed by atoms with Gasteiger partial charge in [0.05, 0.1) is 10.7 Å². The fourth-order valence-electron chi connectivity index (χ4n) is 1.72. The second-order valence-corrected chi connectivity index (χ2v) is 4.99. The van der Waals surface area contributed by atoms with E-state index in [9.17, 15) is 4.39 Å². The Balaban J connectivity index is 2.33. The van der Waals surface area contributed by atoms with Crippen LogP contribution < -0.4 is 4.90 Å². The maximum absolute atomic E-state index is 12.9. The van der Waals surface area contributed by atoms with Crippen molar-refractivity contribution in [2.24, 2.45) is 5.92 Å². The van der Waals surface area contributed by atoms with E-state index < -0.39 is 0 Å². The van der Waals surface area contributed by atoms with Crippen molar-refractivity contribution in [1.29, 1.82) is 0 Å². The maximum atomic E-state index is 12.9. The van der Waals surface area contributed by atoms with Gasteiger partial charge in [0.25, 0.3) is 0 Å². The highest BCUT2D eigenvalue weighted by atomic mass is 79.9. The molecule has 1 aromatic rings. The molecular weight excluding hydrogens is 268 g/mol. The van der Waals surface area contributed by atoms with Gasteiger partial charge in [-0.2, -0.15) is 0 Å². The summed E-state index contributed by atoms with van der Waals surface area (Å²) in [6, 6.07) is 2.80. The lowest BCUT2D eigenvalue weighted by atomic mass is 10.0. The molecule has 4 heteroatoms. The predicted octanol–water partition coefficient (Wildman–Crippen LogP) is 3.70. The molecule has 0 saturated carbocycles. The Morgan fingerprint density at radius 1 is 1.50 bits per heavy atom. The zero-order valence-electron chi connectivity index (χ0n) is 7.73. The van der Waals surface area contributed by atoms with Crippen molar-refractivity contribution in [3.8, 4) is 0 Å². The summed E-state index contributed by atoms with van der Waals surface area (Å²) >= 11 is 9.31. The van der Waals surface area contributed by atoms with Gasteiger partial charge in [-0.3, -0.25) is 0 Å². The quantitative estimate of drug-likeness (QED) is 0.757. The minimum Gasteiger partial charge on any atom is -0.369 e. The zero-order chi connectivity index (χ0) is 10.3. The van der Waals surface area contributed by atoms with Gasteiger partial charge >= 0.3 is 0 Å². The predicted molar refractivity (Wildman–Crippen MR) is 60.5 cm³/mol. The number of hydrogen-bond donors (Lipinski definition) is 0. The van der Waals surface area contributed by atoms with E-state index in [-0.39, 0.29) is 5.82 Å². The third kappa shape index (κ3) is 1.75. The van der Waals surface area contributed by atoms with Gasteiger partial charge in [-0.25, -0.2) is 4.39 Å². The molecule has 1 aromatic carbocycles. The van der Waals surface area contributed by atoms with Crippen LogP contribution in [-0.2, 0) is 0 Å². The van der Waals surface area contributed by atoms with E-state index in [4.69, 9.17) is 11.6 Å². The van der Waals surface area contributed by atoms with Crippen molar-refractivity contribution in [1.82, 2.24) is 0 Å². The monoisotopic (exact) mass is 277 g/mol. The molecular formula is C10H10BrClFN. The molecule has 1 fully saturated rings. The zero-order valence-corrected chi connectivity index (χ0v) is 10.1. The number of benzene rings is 1. The van der Waals surface area contributed by atoms with Crippen LogP contribution in [0.1, 0.15) is 6.92 Å². The summed E-state index contributed by atoms with van der Waals surface area (Å²) in [6.07, 6.45) is 0. The molecule has 0 aromatic heterocycles. The van der Waals surface area contributed by atoms with Crippen LogP contribution in [0.5, 0.6) is 0 Å². The van der Waals surface area contributed by atoms with E-state index in [0.29, 0.717) is 10.9 Å². The molecule has 1 heterocycles. The number of anilines is 1. The van der Waals surface area contributed by atoms with E-state index in [0.717, 1.165) is 23.2 Å². The smallest absolute Gasteiger partial charge is 0.125 e. The normalized spacial score (nSPS) is 17.0. The Hall–Kier alpha value is -0.280. The van der Waals surface area contributed by atoms with Gasteiger partial charge in [0, 0.05) is 17.6 Å². The van der Waals surface area contributed by atoms with Crippen molar-refractivity contribution in [2.75, 3.05) is 18.0 Å². The maximum Gasteiger partial charge on any atom is 0.125 e. The van der Waals surface area contributed by atoms with Crippen molar-refractivity contribution >= 4 is 33.2 Å². The Morgan fingerprint density at radius 2 is 2.14 bits per heavy atom. The van der Waals surface area contributed by atoms with Gasteiger partial charge in [0.2, 0.25) is 0 Å². The minimum absolute atomic E-state index is 0.306. The molecule has 1 aliphatic heterocycles. The number of rotatable bonds is 1. The van der Waals surface area contributed by atoms with Crippen LogP contribution in [-0.4, -0.2) is 13.1 Å². The molecule has 0 atom stereocenters. The summed E-state index contributed by atoms with van der Waals surface area (Å²) in [5, 5.41) is 0.476. The Bertz CT molecular complexity index is 340. The molecule has 76 valence electrons. The van der Waals surface area contributed by atoms with Crippen LogP contribution in [0.25, 0.3) is 0 Å². The van der Waals surface area contributed by atoms with E-state index in [1.807, 2.05) is 0 Å². The summed E-state index contributed by atoms with van der Waals surface area (Å²) in [6.45, 7) is 4.16. The van der Waals surface area contributed by atoms with Gasteiger partial charge in [0.1, 0.15) is 5.82 Å². The van der Waals surface area contributed by atoms with Crippen LogP contribution in [0.4, 0.5) is 10.1 Å². The standard InChI is InChI=1S/C10H10BrClFN/c1-6-4-14(5-6)10-8(11)2-7(13)3-9(10)12/h2-3,6H,4-5H2,1H3. The minimum atomic E-state index is -0.306. The highest BCUT2D eigenvalue weighted by Crippen LogP contribution is 2.38. The Morgan fingerprint density at radius 3 is 2.64 bits per heavy atom. The van der Waals surface area contributed by atoms with Crippen LogP contribution in [0.3, 0.4) is 0 Å². The lowest BCUT2D eigenvalue weighted by Crippen LogP contribution is -2.45. The summed E-state index contributed by atoms with van der Waals surface area (Å²) in [5.74, 6) is 0.391. The molecule has 0 radical (unpaired) electrons. The Labute approximate surface area is 96.0 Å². The molecule has 0 spiro atoms. The molecule has 1 saturated heterocycles. The lowest BCUT2D eigenvalue weighted by molar-refractivity contribution is 0.446. The highest BCUT2D eigenvalue weighted by Gasteiger charge is 2.26. The Kier molecular flexibility index (Phi) is 2.71. The van der Waals surface area contributed by atoms with Crippen LogP contribution in [0.2, 0.25) is 5.02 Å².